The monoisotopic (exact) mass is 443 g/mol. The Bertz CT molecular complexity index is 967. The Kier molecular flexibility index (Phi) is 8.20. The topological polar surface area (TPSA) is 151 Å². The second kappa shape index (κ2) is 10.6. The molecule has 0 saturated heterocycles. The summed E-state index contributed by atoms with van der Waals surface area (Å²) >= 11 is 0. The molecule has 2 amide bonds. The minimum Gasteiger partial charge on any atom is -0.508 e. The molecule has 0 aromatic heterocycles. The van der Waals surface area contributed by atoms with Crippen molar-refractivity contribution in [2.45, 2.75) is 45.3 Å². The number of amides is 2. The fourth-order valence-electron chi connectivity index (χ4n) is 2.96. The van der Waals surface area contributed by atoms with Gasteiger partial charge in [0, 0.05) is 5.69 Å². The first-order valence-corrected chi connectivity index (χ1v) is 10.2. The van der Waals surface area contributed by atoms with Gasteiger partial charge in [0.15, 0.2) is 0 Å². The number of benzene rings is 2. The van der Waals surface area contributed by atoms with Gasteiger partial charge in [0.1, 0.15) is 17.4 Å². The quantitative estimate of drug-likeness (QED) is 0.420. The number of carboxylic acid groups (broad SMARTS) is 1. The SMILES string of the molecule is CC(C)(C)OC(=O)N[C@H](CCCN)C(=O)Nc1ccc(C(=O)O)c(-c2ccc(O)cc2)c1. The molecule has 0 bridgehead atoms. The van der Waals surface area contributed by atoms with Gasteiger partial charge in [-0.2, -0.15) is 0 Å². The molecule has 0 radical (unpaired) electrons. The van der Waals surface area contributed by atoms with E-state index in [1.807, 2.05) is 0 Å². The summed E-state index contributed by atoms with van der Waals surface area (Å²) in [6.07, 6.45) is 0.0881. The van der Waals surface area contributed by atoms with Gasteiger partial charge in [0.2, 0.25) is 5.91 Å². The van der Waals surface area contributed by atoms with Crippen LogP contribution in [-0.2, 0) is 9.53 Å². The molecular weight excluding hydrogens is 414 g/mol. The van der Waals surface area contributed by atoms with E-state index in [1.165, 1.54) is 30.3 Å². The average Bonchev–Trinajstić information content (AvgIpc) is 2.70. The summed E-state index contributed by atoms with van der Waals surface area (Å²) in [5.74, 6) is -1.56. The first-order chi connectivity index (χ1) is 15.0. The number of nitrogens with one attached hydrogen (secondary N) is 2. The van der Waals surface area contributed by atoms with Crippen LogP contribution in [0.5, 0.6) is 5.75 Å². The first-order valence-electron chi connectivity index (χ1n) is 10.2. The fourth-order valence-corrected chi connectivity index (χ4v) is 2.96. The predicted molar refractivity (Wildman–Crippen MR) is 121 cm³/mol. The number of nitrogens with two attached hydrogens (primary N) is 1. The number of carboxylic acids is 1. The lowest BCUT2D eigenvalue weighted by Crippen LogP contribution is -2.46. The van der Waals surface area contributed by atoms with Gasteiger partial charge < -0.3 is 31.3 Å². The van der Waals surface area contributed by atoms with Crippen LogP contribution in [0.3, 0.4) is 0 Å². The molecule has 0 aliphatic carbocycles. The summed E-state index contributed by atoms with van der Waals surface area (Å²) in [5.41, 5.74) is 6.16. The molecule has 0 unspecified atom stereocenters. The molecule has 0 heterocycles. The molecule has 9 nitrogen and oxygen atoms in total. The van der Waals surface area contributed by atoms with Crippen LogP contribution in [-0.4, -0.2) is 46.4 Å². The van der Waals surface area contributed by atoms with E-state index in [2.05, 4.69) is 10.6 Å². The second-order valence-electron chi connectivity index (χ2n) is 8.23. The molecule has 32 heavy (non-hydrogen) atoms. The van der Waals surface area contributed by atoms with Crippen LogP contribution in [0.1, 0.15) is 44.0 Å². The number of carbonyl (C=O) groups excluding carboxylic acids is 2. The van der Waals surface area contributed by atoms with E-state index >= 15 is 0 Å². The van der Waals surface area contributed by atoms with Crippen LogP contribution >= 0.6 is 0 Å². The Balaban J connectivity index is 2.26. The molecular formula is C23H29N3O6. The van der Waals surface area contributed by atoms with Gasteiger partial charge in [0.05, 0.1) is 5.56 Å². The minimum absolute atomic E-state index is 0.0419. The third-order valence-corrected chi connectivity index (χ3v) is 4.40. The van der Waals surface area contributed by atoms with Crippen molar-refractivity contribution in [3.8, 4) is 16.9 Å². The third kappa shape index (κ3) is 7.28. The van der Waals surface area contributed by atoms with Crippen molar-refractivity contribution >= 4 is 23.7 Å². The van der Waals surface area contributed by atoms with Gasteiger partial charge in [-0.05, 0) is 81.6 Å². The second-order valence-corrected chi connectivity index (χ2v) is 8.23. The number of hydrogen-bond acceptors (Lipinski definition) is 6. The van der Waals surface area contributed by atoms with Crippen LogP contribution in [0.4, 0.5) is 10.5 Å². The number of aromatic hydroxyl groups is 1. The smallest absolute Gasteiger partial charge is 0.408 e. The minimum atomic E-state index is -1.13. The van der Waals surface area contributed by atoms with E-state index < -0.39 is 29.6 Å². The number of hydrogen-bond donors (Lipinski definition) is 5. The average molecular weight is 444 g/mol. The Morgan fingerprint density at radius 2 is 1.75 bits per heavy atom. The van der Waals surface area contributed by atoms with Gasteiger partial charge >= 0.3 is 12.1 Å². The molecule has 0 aliphatic rings. The van der Waals surface area contributed by atoms with E-state index in [4.69, 9.17) is 10.5 Å². The molecule has 2 aromatic carbocycles. The van der Waals surface area contributed by atoms with Crippen LogP contribution in [0.15, 0.2) is 42.5 Å². The van der Waals surface area contributed by atoms with Gasteiger partial charge in [0.25, 0.3) is 0 Å². The van der Waals surface area contributed by atoms with E-state index in [1.54, 1.807) is 32.9 Å². The summed E-state index contributed by atoms with van der Waals surface area (Å²) in [7, 11) is 0. The lowest BCUT2D eigenvalue weighted by atomic mass is 9.98. The van der Waals surface area contributed by atoms with Crippen molar-refractivity contribution in [3.05, 3.63) is 48.0 Å². The molecule has 2 aromatic rings. The summed E-state index contributed by atoms with van der Waals surface area (Å²) in [6.45, 7) is 5.50. The van der Waals surface area contributed by atoms with Crippen LogP contribution in [0, 0.1) is 0 Å². The summed E-state index contributed by atoms with van der Waals surface area (Å²) in [4.78, 5) is 36.7. The van der Waals surface area contributed by atoms with Gasteiger partial charge in [-0.25, -0.2) is 9.59 Å². The van der Waals surface area contributed by atoms with Crippen molar-refractivity contribution in [1.82, 2.24) is 5.32 Å². The van der Waals surface area contributed by atoms with E-state index in [0.29, 0.717) is 36.2 Å². The van der Waals surface area contributed by atoms with Gasteiger partial charge in [-0.15, -0.1) is 0 Å². The molecule has 0 saturated carbocycles. The number of rotatable bonds is 8. The number of carbonyl (C=O) groups is 3. The number of anilines is 1. The molecule has 2 rings (SSSR count). The van der Waals surface area contributed by atoms with Crippen molar-refractivity contribution in [3.63, 3.8) is 0 Å². The maximum atomic E-state index is 12.9. The highest BCUT2D eigenvalue weighted by molar-refractivity contribution is 6.00. The van der Waals surface area contributed by atoms with Crippen molar-refractivity contribution in [1.29, 1.82) is 0 Å². The van der Waals surface area contributed by atoms with E-state index in [9.17, 15) is 24.6 Å². The first kappa shape index (κ1) is 24.7. The van der Waals surface area contributed by atoms with Gasteiger partial charge in [-0.1, -0.05) is 12.1 Å². The van der Waals surface area contributed by atoms with Gasteiger partial charge in [-0.3, -0.25) is 4.79 Å². The maximum Gasteiger partial charge on any atom is 0.408 e. The lowest BCUT2D eigenvalue weighted by molar-refractivity contribution is -0.118. The number of phenols is 1. The zero-order valence-corrected chi connectivity index (χ0v) is 18.3. The summed E-state index contributed by atoms with van der Waals surface area (Å²) < 4.78 is 5.23. The maximum absolute atomic E-state index is 12.9. The van der Waals surface area contributed by atoms with Crippen LogP contribution in [0.2, 0.25) is 0 Å². The molecule has 172 valence electrons. The normalized spacial score (nSPS) is 12.0. The van der Waals surface area contributed by atoms with Crippen LogP contribution in [0.25, 0.3) is 11.1 Å². The van der Waals surface area contributed by atoms with Crippen LogP contribution < -0.4 is 16.4 Å². The Hall–Kier alpha value is -3.59. The summed E-state index contributed by atoms with van der Waals surface area (Å²) in [5, 5.41) is 24.3. The van der Waals surface area contributed by atoms with Crippen molar-refractivity contribution in [2.75, 3.05) is 11.9 Å². The lowest BCUT2D eigenvalue weighted by Gasteiger charge is -2.23. The van der Waals surface area contributed by atoms with Crippen molar-refractivity contribution < 1.29 is 29.3 Å². The number of aromatic carboxylic acids is 1. The predicted octanol–water partition coefficient (Wildman–Crippen LogP) is 3.33. The molecule has 0 fully saturated rings. The van der Waals surface area contributed by atoms with E-state index in [0.717, 1.165) is 0 Å². The Morgan fingerprint density at radius 3 is 2.31 bits per heavy atom. The Morgan fingerprint density at radius 1 is 1.09 bits per heavy atom. The molecule has 0 spiro atoms. The molecule has 0 aliphatic heterocycles. The summed E-state index contributed by atoms with van der Waals surface area (Å²) in [6, 6.07) is 9.55. The van der Waals surface area contributed by atoms with E-state index in [-0.39, 0.29) is 11.3 Å². The zero-order chi connectivity index (χ0) is 23.9. The zero-order valence-electron chi connectivity index (χ0n) is 18.3. The highest BCUT2D eigenvalue weighted by atomic mass is 16.6. The number of alkyl carbamates (subject to hydrolysis) is 1. The largest absolute Gasteiger partial charge is 0.508 e. The number of phenolic OH excluding ortho intramolecular Hbond substituents is 1. The van der Waals surface area contributed by atoms with Crippen molar-refractivity contribution in [2.24, 2.45) is 5.73 Å². The Labute approximate surface area is 186 Å². The fraction of sp³-hybridized carbons (Fsp3) is 0.348. The molecule has 9 heteroatoms. The number of ether oxygens (including phenoxy) is 1. The standard InChI is InChI=1S/C23H29N3O6/c1-23(2,3)32-22(31)26-19(5-4-12-24)20(28)25-15-8-11-17(21(29)30)18(13-15)14-6-9-16(27)10-7-14/h6-11,13,19,27H,4-5,12,24H2,1-3H3,(H,25,28)(H,26,31)(H,29,30)/t19-/m1/s1. The highest BCUT2D eigenvalue weighted by Gasteiger charge is 2.24. The molecule has 6 N–H and O–H groups in total. The molecule has 1 atom stereocenters. The third-order valence-electron chi connectivity index (χ3n) is 4.40. The highest BCUT2D eigenvalue weighted by Crippen LogP contribution is 2.28.